The standard InChI is InChI=1S/C20H19N7O.C14H13BrN6O.C14H14N6O.C10H5N5O.C6H6N.3C4H9.Sn/c1-13-6-5-7-14(24-13)18-19(26(12-23-18)11-20(2,3)28)15-8-9-16-22-10-17(21-4)27(16)25-15;1-14(2,22)7-20-8-18-13(15)12(20)9-4-5-10-17-6-11(16-3)21(10)19-9;1-14(2,21)8-19-9-16-6-11(19)10-4-5-12-17-7-13(15-3)20(12)18-10;1-11-10-5-13-9-3-2-7(14-15(9)10)8-4-12-6-16-8;1-6-4-2-3-5-7-6;3*1-3-4-2;/h5-10,12,28H,11H2,1-3H3;4-6,8,22H,7H2,1-2H3;4-7,9,21H,8H2,1-2H3;2-6H;2-4H,1H3;3*1,3-4H2,2H3;. The van der Waals surface area contributed by atoms with Crippen LogP contribution in [0.1, 0.15) is 112 Å². The molecule has 0 spiro atoms. The van der Waals surface area contributed by atoms with Gasteiger partial charge in [-0.15, -0.1) is 18.1 Å². The average Bonchev–Trinajstić information content (AvgIpc) is 1.66. The minimum Gasteiger partial charge on any atom is -0.442 e. The van der Waals surface area contributed by atoms with Crippen molar-refractivity contribution in [2.45, 2.75) is 164 Å². The maximum Gasteiger partial charge on any atom is 0.275 e. The van der Waals surface area contributed by atoms with Gasteiger partial charge in [-0.2, -0.15) is 0 Å². The molecule has 14 rings (SSSR count). The van der Waals surface area contributed by atoms with Gasteiger partial charge in [0, 0.05) is 30.0 Å². The van der Waals surface area contributed by atoms with Crippen molar-refractivity contribution in [2.75, 3.05) is 0 Å². The molecule has 31 heteroatoms. The van der Waals surface area contributed by atoms with Crippen LogP contribution < -0.4 is 3.71 Å². The summed E-state index contributed by atoms with van der Waals surface area (Å²) >= 11 is 1.16. The predicted molar refractivity (Wildman–Crippen MR) is 414 cm³/mol. The minimum absolute atomic E-state index is 0.334. The van der Waals surface area contributed by atoms with Gasteiger partial charge < -0.3 is 52.8 Å². The number of aryl methyl sites for hydroxylation is 2. The van der Waals surface area contributed by atoms with E-state index in [1.807, 2.05) is 63.1 Å². The molecule has 107 heavy (non-hydrogen) atoms. The molecule has 0 bridgehead atoms. The van der Waals surface area contributed by atoms with E-state index in [1.165, 1.54) is 107 Å². The van der Waals surface area contributed by atoms with E-state index < -0.39 is 35.2 Å². The predicted octanol–water partition coefficient (Wildman–Crippen LogP) is 15.3. The first kappa shape index (κ1) is 78.3. The van der Waals surface area contributed by atoms with Crippen LogP contribution in [0.3, 0.4) is 0 Å². The molecule has 0 aromatic carbocycles. The summed E-state index contributed by atoms with van der Waals surface area (Å²) in [6.07, 6.45) is 23.8. The number of imidazole rings is 7. The molecule has 0 unspecified atom stereocenters. The van der Waals surface area contributed by atoms with Gasteiger partial charge in [-0.05, 0) is 101 Å². The Hall–Kier alpha value is -11.3. The zero-order valence-corrected chi connectivity index (χ0v) is 66.1. The molecule has 3 N–H and O–H groups in total. The fraction of sp³-hybridized carbons (Fsp3) is 0.342. The van der Waals surface area contributed by atoms with Crippen LogP contribution in [0.25, 0.3) is 99.0 Å². The maximum absolute atomic E-state index is 10.3. The van der Waals surface area contributed by atoms with E-state index in [9.17, 15) is 15.3 Å². The summed E-state index contributed by atoms with van der Waals surface area (Å²) in [4.78, 5) is 56.4. The molecule has 0 amide bonds. The molecule has 29 nitrogen and oxygen atoms in total. The summed E-state index contributed by atoms with van der Waals surface area (Å²) in [5.41, 5.74) is 8.10. The molecule has 14 heterocycles. The second kappa shape index (κ2) is 34.8. The molecule has 548 valence electrons. The fourth-order valence-corrected chi connectivity index (χ4v) is 28.2. The number of fused-ring (bicyclic) bond motifs is 4. The van der Waals surface area contributed by atoms with Crippen molar-refractivity contribution < 1.29 is 19.7 Å². The number of rotatable bonds is 21. The maximum atomic E-state index is 10.3. The van der Waals surface area contributed by atoms with Crippen LogP contribution in [0, 0.1) is 40.1 Å². The zero-order chi connectivity index (χ0) is 76.6. The van der Waals surface area contributed by atoms with Crippen LogP contribution >= 0.6 is 15.9 Å². The van der Waals surface area contributed by atoms with Gasteiger partial charge in [-0.1, -0.05) is 52.7 Å². The van der Waals surface area contributed by atoms with Gasteiger partial charge in [0.1, 0.15) is 44.5 Å². The number of hydrogen-bond donors (Lipinski definition) is 3. The van der Waals surface area contributed by atoms with Gasteiger partial charge >= 0.3 is 130 Å². The molecule has 0 saturated carbocycles. The van der Waals surface area contributed by atoms with Gasteiger partial charge in [0.15, 0.2) is 12.2 Å². The molecule has 14 aromatic heterocycles. The summed E-state index contributed by atoms with van der Waals surface area (Å²) < 4.78 is 23.4. The third-order valence-corrected chi connectivity index (χ3v) is 32.6. The molecule has 14 aromatic rings. The number of unbranched alkanes of at least 4 members (excludes halogenated alkanes) is 3. The van der Waals surface area contributed by atoms with Crippen LogP contribution in [-0.2, 0) is 19.6 Å². The molecule has 0 radical (unpaired) electrons. The summed E-state index contributed by atoms with van der Waals surface area (Å²) in [6, 6.07) is 27.0. The average molecular weight is 1610 g/mol. The minimum atomic E-state index is -2.25. The number of pyridine rings is 2. The number of halogens is 1. The third-order valence-electron chi connectivity index (χ3n) is 16.9. The fourth-order valence-electron chi connectivity index (χ4n) is 12.0. The van der Waals surface area contributed by atoms with Crippen molar-refractivity contribution in [1.82, 2.24) is 102 Å². The van der Waals surface area contributed by atoms with E-state index in [2.05, 4.69) is 146 Å². The van der Waals surface area contributed by atoms with E-state index in [1.54, 1.807) is 101 Å². The van der Waals surface area contributed by atoms with Gasteiger partial charge in [0.05, 0.1) is 104 Å². The van der Waals surface area contributed by atoms with E-state index in [4.69, 9.17) is 35.7 Å². The Morgan fingerprint density at radius 2 is 0.869 bits per heavy atom. The van der Waals surface area contributed by atoms with Crippen molar-refractivity contribution in [2.24, 2.45) is 0 Å². The van der Waals surface area contributed by atoms with E-state index in [-0.39, 0.29) is 0 Å². The van der Waals surface area contributed by atoms with Crippen molar-refractivity contribution in [1.29, 1.82) is 0 Å². The molecule has 0 aliphatic carbocycles. The molecule has 0 atom stereocenters. The molecular weight excluding hydrogens is 1530 g/mol. The zero-order valence-electron chi connectivity index (χ0n) is 61.6. The monoisotopic (exact) mass is 1610 g/mol. The first-order chi connectivity index (χ1) is 51.3. The van der Waals surface area contributed by atoms with Crippen LogP contribution in [0.2, 0.25) is 13.3 Å². The number of aliphatic hydroxyl groups is 3. The first-order valence-corrected chi connectivity index (χ1v) is 43.2. The van der Waals surface area contributed by atoms with Crippen LogP contribution in [0.4, 0.5) is 23.3 Å². The normalized spacial score (nSPS) is 11.5. The Balaban J connectivity index is 0.000000144. The Kier molecular flexibility index (Phi) is 25.5. The van der Waals surface area contributed by atoms with Crippen LogP contribution in [0.15, 0.2) is 157 Å². The second-order valence-electron chi connectivity index (χ2n) is 27.6. The summed E-state index contributed by atoms with van der Waals surface area (Å²) in [7, 11) is 0. The third kappa shape index (κ3) is 19.6. The van der Waals surface area contributed by atoms with Crippen molar-refractivity contribution in [3.63, 3.8) is 0 Å². The van der Waals surface area contributed by atoms with Gasteiger partial charge in [0.2, 0.25) is 22.6 Å². The summed E-state index contributed by atoms with van der Waals surface area (Å²) in [5, 5.41) is 48.1. The van der Waals surface area contributed by atoms with Crippen molar-refractivity contribution >= 4 is 83.9 Å². The largest absolute Gasteiger partial charge is 0.442 e. The summed E-state index contributed by atoms with van der Waals surface area (Å²) in [5.74, 6) is 1.98. The van der Waals surface area contributed by atoms with Gasteiger partial charge in [-0.25, -0.2) is 39.9 Å². The van der Waals surface area contributed by atoms with Crippen molar-refractivity contribution in [3.05, 3.63) is 209 Å². The van der Waals surface area contributed by atoms with Gasteiger partial charge in [-0.3, -0.25) is 4.98 Å². The Bertz CT molecular complexity index is 5500. The quantitative estimate of drug-likeness (QED) is 0.0445. The number of hydrogen-bond acceptors (Lipinski definition) is 18. The van der Waals surface area contributed by atoms with E-state index >= 15 is 0 Å². The van der Waals surface area contributed by atoms with E-state index in [0.29, 0.717) is 104 Å². The Morgan fingerprint density at radius 3 is 1.32 bits per heavy atom. The molecule has 0 saturated heterocycles. The summed E-state index contributed by atoms with van der Waals surface area (Å²) in [6.45, 7) is 51.2. The molecule has 0 aliphatic heterocycles. The van der Waals surface area contributed by atoms with Crippen LogP contribution in [0.5, 0.6) is 0 Å². The molecular formula is C76H84BrN25O4Sn. The van der Waals surface area contributed by atoms with E-state index in [0.717, 1.165) is 28.5 Å². The smallest absolute Gasteiger partial charge is 0.275 e. The second-order valence-corrected chi connectivity index (χ2v) is 41.4. The topological polar surface area (TPSA) is 304 Å². The van der Waals surface area contributed by atoms with Gasteiger partial charge in [0.25, 0.3) is 23.3 Å². The number of oxazole rings is 1. The number of aromatic nitrogens is 21. The number of nitrogens with zero attached hydrogens (tertiary/aromatic N) is 25. The van der Waals surface area contributed by atoms with Crippen molar-refractivity contribution in [3.8, 4) is 57.0 Å². The first-order valence-electron chi connectivity index (χ1n) is 34.9. The molecule has 0 fully saturated rings. The Labute approximate surface area is 632 Å². The SMILES string of the molecule is CCC[CH2][Sn]([CH2]CCC)([CH2]CCC)[c]1cccc(C)n1.[C-]#[N+]c1cnc2ccc(-c3c(-c4cccc(C)n4)ncn3CC(C)(C)O)nn12.[C-]#[N+]c1cnc2ccc(-c3c(Br)ncn3CC(C)(C)O)nn12.[C-]#[N+]c1cnc2ccc(-c3cncn3CC(C)(C)O)nn12.[C-]#[N+]c1cnc2ccc(-c3cnco3)nn12. The van der Waals surface area contributed by atoms with Crippen LogP contribution in [-0.4, -0.2) is 152 Å². The Morgan fingerprint density at radius 1 is 0.449 bits per heavy atom. The molecule has 0 aliphatic rings.